The van der Waals surface area contributed by atoms with Gasteiger partial charge in [0, 0.05) is 44.1 Å². The lowest BCUT2D eigenvalue weighted by Gasteiger charge is -2.36. The number of rotatable bonds is 4. The molecule has 170 valence electrons. The maximum Gasteiger partial charge on any atom is 0.186 e. The summed E-state index contributed by atoms with van der Waals surface area (Å²) in [5, 5.41) is 5.78. The number of benzene rings is 3. The number of aromatic nitrogens is 2. The monoisotopic (exact) mass is 505 g/mol. The standard InChI is InChI=1S/C27H21Cl2N3OS/c1-33-20-9-4-17(5-10-20)26-25-21(22-14-19(29)8-11-23(22)30-25)12-13-32(26)27-31-24(15-34-27)16-2-6-18(28)7-3-16/h2-11,14-15,26,30H,12-13H2,1H3. The summed E-state index contributed by atoms with van der Waals surface area (Å²) in [6, 6.07) is 22.2. The highest BCUT2D eigenvalue weighted by Gasteiger charge is 2.33. The van der Waals surface area contributed by atoms with E-state index in [1.54, 1.807) is 18.4 Å². The van der Waals surface area contributed by atoms with Crippen LogP contribution in [0.2, 0.25) is 10.0 Å². The molecule has 4 nitrogen and oxygen atoms in total. The van der Waals surface area contributed by atoms with Crippen LogP contribution in [0.5, 0.6) is 5.75 Å². The Morgan fingerprint density at radius 3 is 2.53 bits per heavy atom. The van der Waals surface area contributed by atoms with E-state index in [1.807, 2.05) is 42.5 Å². The number of hydrogen-bond donors (Lipinski definition) is 1. The van der Waals surface area contributed by atoms with Crippen molar-refractivity contribution in [1.29, 1.82) is 0 Å². The van der Waals surface area contributed by atoms with Crippen molar-refractivity contribution in [1.82, 2.24) is 9.97 Å². The molecule has 1 N–H and O–H groups in total. The molecule has 2 aromatic heterocycles. The van der Waals surface area contributed by atoms with Crippen LogP contribution in [0.1, 0.15) is 22.9 Å². The number of nitrogens with one attached hydrogen (secondary N) is 1. The molecule has 5 aromatic rings. The van der Waals surface area contributed by atoms with Crippen LogP contribution in [-0.4, -0.2) is 23.6 Å². The average Bonchev–Trinajstić information content (AvgIpc) is 3.49. The zero-order valence-corrected chi connectivity index (χ0v) is 20.7. The number of H-pyrrole nitrogens is 1. The summed E-state index contributed by atoms with van der Waals surface area (Å²) in [4.78, 5) is 11.1. The molecule has 6 rings (SSSR count). The summed E-state index contributed by atoms with van der Waals surface area (Å²) >= 11 is 14.1. The van der Waals surface area contributed by atoms with E-state index in [-0.39, 0.29) is 6.04 Å². The first-order valence-corrected chi connectivity index (χ1v) is 12.7. The molecule has 0 saturated heterocycles. The minimum absolute atomic E-state index is 0.00468. The quantitative estimate of drug-likeness (QED) is 0.271. The lowest BCUT2D eigenvalue weighted by molar-refractivity contribution is 0.414. The molecule has 1 aliphatic heterocycles. The van der Waals surface area contributed by atoms with Crippen LogP contribution in [0.15, 0.2) is 72.1 Å². The lowest BCUT2D eigenvalue weighted by Crippen LogP contribution is -2.36. The predicted octanol–water partition coefficient (Wildman–Crippen LogP) is 7.76. The van der Waals surface area contributed by atoms with Crippen molar-refractivity contribution in [3.8, 4) is 17.0 Å². The van der Waals surface area contributed by atoms with Gasteiger partial charge in [0.15, 0.2) is 5.13 Å². The summed E-state index contributed by atoms with van der Waals surface area (Å²) in [5.74, 6) is 0.842. The number of hydrogen-bond acceptors (Lipinski definition) is 4. The molecule has 34 heavy (non-hydrogen) atoms. The van der Waals surface area contributed by atoms with Gasteiger partial charge in [-0.2, -0.15) is 0 Å². The molecule has 0 radical (unpaired) electrons. The lowest BCUT2D eigenvalue weighted by atomic mass is 9.92. The van der Waals surface area contributed by atoms with Gasteiger partial charge >= 0.3 is 0 Å². The summed E-state index contributed by atoms with van der Waals surface area (Å²) in [5.41, 5.74) is 6.82. The van der Waals surface area contributed by atoms with Crippen LogP contribution < -0.4 is 9.64 Å². The van der Waals surface area contributed by atoms with E-state index in [0.29, 0.717) is 0 Å². The number of halogens is 2. The highest BCUT2D eigenvalue weighted by atomic mass is 35.5. The molecule has 0 spiro atoms. The van der Waals surface area contributed by atoms with Crippen molar-refractivity contribution >= 4 is 50.6 Å². The summed E-state index contributed by atoms with van der Waals surface area (Å²) in [6.45, 7) is 0.858. The summed E-state index contributed by atoms with van der Waals surface area (Å²) < 4.78 is 5.40. The van der Waals surface area contributed by atoms with Gasteiger partial charge in [-0.1, -0.05) is 47.5 Å². The fourth-order valence-electron chi connectivity index (χ4n) is 4.75. The molecule has 0 saturated carbocycles. The fraction of sp³-hybridized carbons (Fsp3) is 0.148. The second-order valence-corrected chi connectivity index (χ2v) is 10.1. The van der Waals surface area contributed by atoms with Gasteiger partial charge in [-0.3, -0.25) is 0 Å². The number of thiazole rings is 1. The highest BCUT2D eigenvalue weighted by molar-refractivity contribution is 7.14. The van der Waals surface area contributed by atoms with Gasteiger partial charge in [0.25, 0.3) is 0 Å². The Hall–Kier alpha value is -2.99. The molecule has 0 fully saturated rings. The van der Waals surface area contributed by atoms with Crippen molar-refractivity contribution in [3.63, 3.8) is 0 Å². The minimum Gasteiger partial charge on any atom is -0.497 e. The van der Waals surface area contributed by atoms with Crippen LogP contribution in [0.3, 0.4) is 0 Å². The van der Waals surface area contributed by atoms with Crippen molar-refractivity contribution in [3.05, 3.63) is 99.0 Å². The van der Waals surface area contributed by atoms with Gasteiger partial charge in [0.05, 0.1) is 18.8 Å². The normalized spacial score (nSPS) is 15.5. The SMILES string of the molecule is COc1ccc(C2c3[nH]c4ccc(Cl)cc4c3CCN2c2nc(-c3ccc(Cl)cc3)cs2)cc1. The Morgan fingerprint density at radius 2 is 1.76 bits per heavy atom. The molecular weight excluding hydrogens is 485 g/mol. The Bertz CT molecular complexity index is 1470. The predicted molar refractivity (Wildman–Crippen MR) is 142 cm³/mol. The van der Waals surface area contributed by atoms with E-state index in [4.69, 9.17) is 32.9 Å². The summed E-state index contributed by atoms with van der Waals surface area (Å²) in [6.07, 6.45) is 0.915. The van der Waals surface area contributed by atoms with E-state index < -0.39 is 0 Å². The third kappa shape index (κ3) is 3.74. The number of anilines is 1. The first kappa shape index (κ1) is 21.5. The van der Waals surface area contributed by atoms with Gasteiger partial charge in [-0.05, 0) is 60.0 Å². The third-order valence-electron chi connectivity index (χ3n) is 6.40. The maximum atomic E-state index is 6.35. The molecule has 3 heterocycles. The second kappa shape index (κ2) is 8.66. The van der Waals surface area contributed by atoms with E-state index in [0.717, 1.165) is 50.7 Å². The van der Waals surface area contributed by atoms with Gasteiger partial charge < -0.3 is 14.6 Å². The first-order valence-electron chi connectivity index (χ1n) is 11.0. The molecule has 0 aliphatic carbocycles. The Kier molecular flexibility index (Phi) is 5.48. The number of aromatic amines is 1. The molecule has 1 atom stereocenters. The van der Waals surface area contributed by atoms with E-state index >= 15 is 0 Å². The smallest absolute Gasteiger partial charge is 0.186 e. The maximum absolute atomic E-state index is 6.35. The zero-order chi connectivity index (χ0) is 23.2. The van der Waals surface area contributed by atoms with Crippen LogP contribution in [0.25, 0.3) is 22.2 Å². The average molecular weight is 506 g/mol. The molecular formula is C27H21Cl2N3OS. The second-order valence-electron chi connectivity index (χ2n) is 8.35. The highest BCUT2D eigenvalue weighted by Crippen LogP contribution is 2.43. The van der Waals surface area contributed by atoms with Gasteiger partial charge in [0.2, 0.25) is 0 Å². The van der Waals surface area contributed by atoms with E-state index in [1.165, 1.54) is 22.2 Å². The third-order valence-corrected chi connectivity index (χ3v) is 7.76. The van der Waals surface area contributed by atoms with Crippen LogP contribution in [0.4, 0.5) is 5.13 Å². The Morgan fingerprint density at radius 1 is 1.00 bits per heavy atom. The Balaban J connectivity index is 1.46. The van der Waals surface area contributed by atoms with E-state index in [2.05, 4.69) is 39.5 Å². The molecule has 1 unspecified atom stereocenters. The van der Waals surface area contributed by atoms with Gasteiger partial charge in [-0.15, -0.1) is 11.3 Å². The van der Waals surface area contributed by atoms with Crippen LogP contribution in [0, 0.1) is 0 Å². The largest absolute Gasteiger partial charge is 0.497 e. The molecule has 7 heteroatoms. The van der Waals surface area contributed by atoms with E-state index in [9.17, 15) is 0 Å². The molecule has 0 amide bonds. The van der Waals surface area contributed by atoms with Crippen LogP contribution >= 0.6 is 34.5 Å². The molecule has 0 bridgehead atoms. The zero-order valence-electron chi connectivity index (χ0n) is 18.4. The number of ether oxygens (including phenoxy) is 1. The van der Waals surface area contributed by atoms with Crippen LogP contribution in [-0.2, 0) is 6.42 Å². The minimum atomic E-state index is 0.00468. The van der Waals surface area contributed by atoms with Crippen molar-refractivity contribution < 1.29 is 4.74 Å². The van der Waals surface area contributed by atoms with Gasteiger partial charge in [-0.25, -0.2) is 4.98 Å². The fourth-order valence-corrected chi connectivity index (χ4v) is 5.94. The first-order chi connectivity index (χ1) is 16.6. The summed E-state index contributed by atoms with van der Waals surface area (Å²) in [7, 11) is 1.69. The topological polar surface area (TPSA) is 41.1 Å². The number of methoxy groups -OCH3 is 1. The van der Waals surface area contributed by atoms with Crippen molar-refractivity contribution in [2.24, 2.45) is 0 Å². The van der Waals surface area contributed by atoms with Gasteiger partial charge in [0.1, 0.15) is 5.75 Å². The number of nitrogens with zero attached hydrogens (tertiary/aromatic N) is 2. The molecule has 1 aliphatic rings. The molecule has 3 aromatic carbocycles. The Labute approximate surface area is 211 Å². The van der Waals surface area contributed by atoms with Crippen molar-refractivity contribution in [2.45, 2.75) is 12.5 Å². The number of fused-ring (bicyclic) bond motifs is 3. The van der Waals surface area contributed by atoms with Crippen molar-refractivity contribution in [2.75, 3.05) is 18.6 Å².